The third-order valence-corrected chi connectivity index (χ3v) is 1.95. The molecule has 0 saturated carbocycles. The smallest absolute Gasteiger partial charge is 0.382 e. The highest BCUT2D eigenvalue weighted by molar-refractivity contribution is 4.60. The molecule has 0 heterocycles. The molecule has 16 heavy (non-hydrogen) atoms. The Hall–Kier alpha value is -0.330. The molecular weight excluding hydrogens is 223 g/mol. The minimum absolute atomic E-state index is 0.0648. The molecule has 0 aliphatic heterocycles. The first kappa shape index (κ1) is 15.7. The zero-order valence-electron chi connectivity index (χ0n) is 9.77. The van der Waals surface area contributed by atoms with Crippen LogP contribution >= 0.6 is 0 Å². The standard InChI is InChI=1S/C10H20F3NO2/c1-3-15-7-4-5-14-6-8-16-9(2)10(11,12)13/h9,14H,3-8H2,1-2H3. The predicted octanol–water partition coefficient (Wildman–Crippen LogP) is 1.97. The molecule has 0 rings (SSSR count). The normalized spacial score (nSPS) is 14.1. The van der Waals surface area contributed by atoms with Gasteiger partial charge < -0.3 is 14.8 Å². The van der Waals surface area contributed by atoms with Crippen molar-refractivity contribution in [3.05, 3.63) is 0 Å². The summed E-state index contributed by atoms with van der Waals surface area (Å²) < 4.78 is 45.7. The molecule has 0 saturated heterocycles. The number of halogens is 3. The van der Waals surface area contributed by atoms with Gasteiger partial charge in [0.2, 0.25) is 0 Å². The van der Waals surface area contributed by atoms with Crippen LogP contribution in [0.5, 0.6) is 0 Å². The Kier molecular flexibility index (Phi) is 8.60. The summed E-state index contributed by atoms with van der Waals surface area (Å²) in [6.45, 7) is 5.50. The van der Waals surface area contributed by atoms with E-state index in [-0.39, 0.29) is 6.61 Å². The van der Waals surface area contributed by atoms with E-state index in [9.17, 15) is 13.2 Å². The Morgan fingerprint density at radius 3 is 2.44 bits per heavy atom. The fourth-order valence-corrected chi connectivity index (χ4v) is 0.971. The number of hydrogen-bond acceptors (Lipinski definition) is 3. The van der Waals surface area contributed by atoms with Crippen LogP contribution in [0.4, 0.5) is 13.2 Å². The molecule has 1 atom stereocenters. The molecule has 6 heteroatoms. The number of hydrogen-bond donors (Lipinski definition) is 1. The van der Waals surface area contributed by atoms with Crippen molar-refractivity contribution < 1.29 is 22.6 Å². The zero-order valence-corrected chi connectivity index (χ0v) is 9.77. The van der Waals surface area contributed by atoms with Gasteiger partial charge >= 0.3 is 6.18 Å². The second-order valence-corrected chi connectivity index (χ2v) is 3.36. The second-order valence-electron chi connectivity index (χ2n) is 3.36. The molecule has 1 N–H and O–H groups in total. The lowest BCUT2D eigenvalue weighted by Crippen LogP contribution is -2.31. The highest BCUT2D eigenvalue weighted by Gasteiger charge is 2.36. The highest BCUT2D eigenvalue weighted by Crippen LogP contribution is 2.21. The van der Waals surface area contributed by atoms with Crippen molar-refractivity contribution in [2.75, 3.05) is 32.9 Å². The van der Waals surface area contributed by atoms with Crippen LogP contribution < -0.4 is 5.32 Å². The van der Waals surface area contributed by atoms with Crippen molar-refractivity contribution in [1.29, 1.82) is 0 Å². The molecular formula is C10H20F3NO2. The maximum absolute atomic E-state index is 12.0. The zero-order chi connectivity index (χ0) is 12.4. The van der Waals surface area contributed by atoms with Gasteiger partial charge in [-0.3, -0.25) is 0 Å². The van der Waals surface area contributed by atoms with E-state index in [0.29, 0.717) is 19.8 Å². The molecule has 0 aromatic carbocycles. The van der Waals surface area contributed by atoms with E-state index in [0.717, 1.165) is 19.9 Å². The average molecular weight is 243 g/mol. The second kappa shape index (κ2) is 8.78. The minimum Gasteiger partial charge on any atom is -0.382 e. The molecule has 0 amide bonds. The Labute approximate surface area is 94.3 Å². The molecule has 0 bridgehead atoms. The van der Waals surface area contributed by atoms with Gasteiger partial charge in [-0.1, -0.05) is 0 Å². The Bertz CT molecular complexity index is 165. The monoisotopic (exact) mass is 243 g/mol. The van der Waals surface area contributed by atoms with E-state index in [4.69, 9.17) is 4.74 Å². The van der Waals surface area contributed by atoms with E-state index in [1.54, 1.807) is 0 Å². The number of nitrogens with one attached hydrogen (secondary N) is 1. The molecule has 0 aromatic rings. The summed E-state index contributed by atoms with van der Waals surface area (Å²) in [6.07, 6.45) is -5.12. The molecule has 1 unspecified atom stereocenters. The molecule has 0 aromatic heterocycles. The Morgan fingerprint density at radius 1 is 1.19 bits per heavy atom. The van der Waals surface area contributed by atoms with Crippen LogP contribution in [0.15, 0.2) is 0 Å². The quantitative estimate of drug-likeness (QED) is 0.628. The van der Waals surface area contributed by atoms with Crippen LogP contribution in [0.25, 0.3) is 0 Å². The Morgan fingerprint density at radius 2 is 1.88 bits per heavy atom. The van der Waals surface area contributed by atoms with Gasteiger partial charge in [-0.15, -0.1) is 0 Å². The number of rotatable bonds is 9. The predicted molar refractivity (Wildman–Crippen MR) is 55.4 cm³/mol. The lowest BCUT2D eigenvalue weighted by molar-refractivity contribution is -0.213. The maximum Gasteiger partial charge on any atom is 0.414 e. The van der Waals surface area contributed by atoms with Crippen LogP contribution in [0.1, 0.15) is 20.3 Å². The fourth-order valence-electron chi connectivity index (χ4n) is 0.971. The van der Waals surface area contributed by atoms with Gasteiger partial charge in [0, 0.05) is 19.8 Å². The lowest BCUT2D eigenvalue weighted by Gasteiger charge is -2.16. The Balaban J connectivity index is 3.21. The lowest BCUT2D eigenvalue weighted by atomic mass is 10.4. The third kappa shape index (κ3) is 8.94. The first-order valence-electron chi connectivity index (χ1n) is 5.45. The first-order chi connectivity index (χ1) is 7.48. The SMILES string of the molecule is CCOCCCNCCOC(C)C(F)(F)F. The van der Waals surface area contributed by atoms with Crippen molar-refractivity contribution in [1.82, 2.24) is 5.32 Å². The topological polar surface area (TPSA) is 30.5 Å². The van der Waals surface area contributed by atoms with E-state index < -0.39 is 12.3 Å². The summed E-state index contributed by atoms with van der Waals surface area (Å²) in [6, 6.07) is 0. The average Bonchev–Trinajstić information content (AvgIpc) is 2.20. The third-order valence-electron chi connectivity index (χ3n) is 1.95. The summed E-state index contributed by atoms with van der Waals surface area (Å²) in [4.78, 5) is 0. The van der Waals surface area contributed by atoms with E-state index in [1.807, 2.05) is 6.92 Å². The summed E-state index contributed by atoms with van der Waals surface area (Å²) in [7, 11) is 0. The van der Waals surface area contributed by atoms with Crippen molar-refractivity contribution in [2.24, 2.45) is 0 Å². The molecule has 98 valence electrons. The van der Waals surface area contributed by atoms with Gasteiger partial charge in [0.15, 0.2) is 6.10 Å². The van der Waals surface area contributed by atoms with E-state index >= 15 is 0 Å². The fraction of sp³-hybridized carbons (Fsp3) is 1.00. The van der Waals surface area contributed by atoms with Gasteiger partial charge in [0.1, 0.15) is 0 Å². The summed E-state index contributed by atoms with van der Waals surface area (Å²) in [5.41, 5.74) is 0. The summed E-state index contributed by atoms with van der Waals surface area (Å²) in [5.74, 6) is 0. The van der Waals surface area contributed by atoms with Crippen LogP contribution in [0.3, 0.4) is 0 Å². The van der Waals surface area contributed by atoms with Crippen LogP contribution in [0, 0.1) is 0 Å². The number of ether oxygens (including phenoxy) is 2. The van der Waals surface area contributed by atoms with Crippen LogP contribution in [-0.2, 0) is 9.47 Å². The van der Waals surface area contributed by atoms with E-state index in [2.05, 4.69) is 10.1 Å². The molecule has 0 aliphatic rings. The van der Waals surface area contributed by atoms with Crippen LogP contribution in [-0.4, -0.2) is 45.2 Å². The molecule has 3 nitrogen and oxygen atoms in total. The molecule has 0 fully saturated rings. The van der Waals surface area contributed by atoms with Gasteiger partial charge in [0.05, 0.1) is 6.61 Å². The van der Waals surface area contributed by atoms with Crippen molar-refractivity contribution in [2.45, 2.75) is 32.5 Å². The molecule has 0 spiro atoms. The molecule has 0 aliphatic carbocycles. The van der Waals surface area contributed by atoms with Gasteiger partial charge in [-0.05, 0) is 26.8 Å². The van der Waals surface area contributed by atoms with Crippen LogP contribution in [0.2, 0.25) is 0 Å². The first-order valence-corrected chi connectivity index (χ1v) is 5.45. The van der Waals surface area contributed by atoms with Crippen molar-refractivity contribution in [3.8, 4) is 0 Å². The number of alkyl halides is 3. The van der Waals surface area contributed by atoms with Gasteiger partial charge in [-0.2, -0.15) is 13.2 Å². The van der Waals surface area contributed by atoms with Crippen molar-refractivity contribution in [3.63, 3.8) is 0 Å². The molecule has 0 radical (unpaired) electrons. The summed E-state index contributed by atoms with van der Waals surface area (Å²) in [5, 5.41) is 2.98. The maximum atomic E-state index is 12.0. The minimum atomic E-state index is -4.27. The van der Waals surface area contributed by atoms with E-state index in [1.165, 1.54) is 0 Å². The van der Waals surface area contributed by atoms with Crippen molar-refractivity contribution >= 4 is 0 Å². The highest BCUT2D eigenvalue weighted by atomic mass is 19.4. The largest absolute Gasteiger partial charge is 0.414 e. The summed E-state index contributed by atoms with van der Waals surface area (Å²) >= 11 is 0. The van der Waals surface area contributed by atoms with Gasteiger partial charge in [-0.25, -0.2) is 0 Å². The van der Waals surface area contributed by atoms with Gasteiger partial charge in [0.25, 0.3) is 0 Å².